The maximum absolute atomic E-state index is 13.2. The molecule has 0 aliphatic carbocycles. The van der Waals surface area contributed by atoms with Crippen LogP contribution in [-0.2, 0) is 29.0 Å². The highest BCUT2D eigenvalue weighted by Gasteiger charge is 2.30. The molecule has 0 atom stereocenters. The van der Waals surface area contributed by atoms with Gasteiger partial charge < -0.3 is 9.64 Å². The van der Waals surface area contributed by atoms with Crippen molar-refractivity contribution >= 4 is 29.2 Å². The number of nitrogens with zero attached hydrogens (tertiary/aromatic N) is 3. The van der Waals surface area contributed by atoms with Crippen LogP contribution in [0.2, 0.25) is 5.02 Å². The number of rotatable bonds is 4. The Labute approximate surface area is 197 Å². The van der Waals surface area contributed by atoms with Gasteiger partial charge in [-0.2, -0.15) is 0 Å². The molecule has 6 nitrogen and oxygen atoms in total. The fourth-order valence-electron chi connectivity index (χ4n) is 4.50. The zero-order chi connectivity index (χ0) is 22.9. The monoisotopic (exact) mass is 461 g/mol. The molecule has 2 amide bonds. The molecule has 0 saturated heterocycles. The number of carbonyl (C=O) groups is 2. The Morgan fingerprint density at radius 1 is 1.00 bits per heavy atom. The van der Waals surface area contributed by atoms with Crippen molar-refractivity contribution in [2.24, 2.45) is 0 Å². The van der Waals surface area contributed by atoms with Crippen LogP contribution in [0.25, 0.3) is 11.1 Å². The predicted molar refractivity (Wildman–Crippen MR) is 127 cm³/mol. The minimum Gasteiger partial charge on any atom is -0.497 e. The molecule has 0 radical (unpaired) electrons. The number of aromatic nitrogens is 1. The Hall–Kier alpha value is -3.38. The molecule has 0 spiro atoms. The van der Waals surface area contributed by atoms with Crippen LogP contribution in [-0.4, -0.2) is 41.9 Å². The maximum Gasteiger partial charge on any atom is 0.243 e. The van der Waals surface area contributed by atoms with Gasteiger partial charge in [-0.1, -0.05) is 29.8 Å². The van der Waals surface area contributed by atoms with E-state index in [0.717, 1.165) is 34.4 Å². The third-order valence-corrected chi connectivity index (χ3v) is 6.61. The molecule has 5 rings (SSSR count). The second-order valence-corrected chi connectivity index (χ2v) is 8.83. The molecule has 0 unspecified atom stereocenters. The van der Waals surface area contributed by atoms with Gasteiger partial charge in [0.25, 0.3) is 0 Å². The number of fused-ring (bicyclic) bond motifs is 2. The number of amides is 2. The zero-order valence-electron chi connectivity index (χ0n) is 18.4. The minimum atomic E-state index is -0.0757. The van der Waals surface area contributed by atoms with Crippen molar-refractivity contribution in [3.05, 3.63) is 76.4 Å². The van der Waals surface area contributed by atoms with E-state index >= 15 is 0 Å². The zero-order valence-corrected chi connectivity index (χ0v) is 19.1. The molecule has 1 aromatic heterocycles. The van der Waals surface area contributed by atoms with Crippen LogP contribution in [0.3, 0.4) is 0 Å². The van der Waals surface area contributed by atoms with E-state index in [2.05, 4.69) is 17.1 Å². The van der Waals surface area contributed by atoms with E-state index in [1.807, 2.05) is 41.3 Å². The first kappa shape index (κ1) is 21.5. The van der Waals surface area contributed by atoms with Gasteiger partial charge in [-0.15, -0.1) is 0 Å². The van der Waals surface area contributed by atoms with E-state index in [9.17, 15) is 9.59 Å². The molecule has 168 valence electrons. The largest absolute Gasteiger partial charge is 0.497 e. The quantitative estimate of drug-likeness (QED) is 0.582. The third kappa shape index (κ3) is 4.31. The van der Waals surface area contributed by atoms with Crippen molar-refractivity contribution < 1.29 is 14.3 Å². The van der Waals surface area contributed by atoms with Crippen LogP contribution < -0.4 is 9.64 Å². The third-order valence-electron chi connectivity index (χ3n) is 6.36. The maximum atomic E-state index is 13.2. The fourth-order valence-corrected chi connectivity index (χ4v) is 4.62. The number of pyridine rings is 1. The summed E-state index contributed by atoms with van der Waals surface area (Å²) < 4.78 is 5.33. The van der Waals surface area contributed by atoms with Crippen LogP contribution in [0.5, 0.6) is 5.75 Å². The fraction of sp³-hybridized carbons (Fsp3) is 0.269. The van der Waals surface area contributed by atoms with Crippen LogP contribution in [0.1, 0.15) is 23.1 Å². The Morgan fingerprint density at radius 2 is 1.82 bits per heavy atom. The summed E-state index contributed by atoms with van der Waals surface area (Å²) in [4.78, 5) is 33.8. The number of hydrogen-bond acceptors (Lipinski definition) is 4. The van der Waals surface area contributed by atoms with Crippen LogP contribution in [0.15, 0.2) is 54.7 Å². The average Bonchev–Trinajstić information content (AvgIpc) is 2.85. The van der Waals surface area contributed by atoms with E-state index in [-0.39, 0.29) is 18.4 Å². The summed E-state index contributed by atoms with van der Waals surface area (Å²) in [6.45, 7) is 1.15. The summed E-state index contributed by atoms with van der Waals surface area (Å²) in [6, 6.07) is 15.6. The Kier molecular flexibility index (Phi) is 5.77. The summed E-state index contributed by atoms with van der Waals surface area (Å²) in [5.41, 5.74) is 5.27. The highest BCUT2D eigenvalue weighted by molar-refractivity contribution is 6.30. The SMILES string of the molecule is COc1ccc2c(c1)CN(C(=O)CN1C(=O)CCc3cc(-c4ccc(Cl)cc4)cnc31)CC2. The van der Waals surface area contributed by atoms with Gasteiger partial charge in [0, 0.05) is 36.3 Å². The molecular weight excluding hydrogens is 438 g/mol. The molecule has 0 bridgehead atoms. The lowest BCUT2D eigenvalue weighted by atomic mass is 9.99. The van der Waals surface area contributed by atoms with Gasteiger partial charge in [0.1, 0.15) is 18.1 Å². The number of benzene rings is 2. The summed E-state index contributed by atoms with van der Waals surface area (Å²) in [7, 11) is 1.64. The second kappa shape index (κ2) is 8.87. The van der Waals surface area contributed by atoms with Crippen molar-refractivity contribution in [1.29, 1.82) is 0 Å². The Balaban J connectivity index is 1.35. The van der Waals surface area contributed by atoms with Gasteiger partial charge >= 0.3 is 0 Å². The molecule has 3 heterocycles. The average molecular weight is 462 g/mol. The smallest absolute Gasteiger partial charge is 0.243 e. The molecule has 2 aliphatic heterocycles. The first-order valence-corrected chi connectivity index (χ1v) is 11.4. The molecular formula is C26H24ClN3O3. The minimum absolute atomic E-state index is 0.00156. The van der Waals surface area contributed by atoms with Gasteiger partial charge in [0.05, 0.1) is 7.11 Å². The van der Waals surface area contributed by atoms with Gasteiger partial charge in [-0.3, -0.25) is 14.5 Å². The lowest BCUT2D eigenvalue weighted by Gasteiger charge is -2.33. The van der Waals surface area contributed by atoms with E-state index in [1.165, 1.54) is 10.5 Å². The normalized spacial score (nSPS) is 15.2. The van der Waals surface area contributed by atoms with Gasteiger partial charge in [0.2, 0.25) is 11.8 Å². The van der Waals surface area contributed by atoms with Gasteiger partial charge in [0.15, 0.2) is 0 Å². The molecule has 2 aliphatic rings. The Morgan fingerprint density at radius 3 is 2.61 bits per heavy atom. The topological polar surface area (TPSA) is 62.7 Å². The summed E-state index contributed by atoms with van der Waals surface area (Å²) in [6.07, 6.45) is 3.52. The van der Waals surface area contributed by atoms with Crippen molar-refractivity contribution in [3.63, 3.8) is 0 Å². The number of aryl methyl sites for hydroxylation is 1. The lowest BCUT2D eigenvalue weighted by Crippen LogP contribution is -2.46. The van der Waals surface area contributed by atoms with Crippen molar-refractivity contribution in [3.8, 4) is 16.9 Å². The summed E-state index contributed by atoms with van der Waals surface area (Å²) in [5, 5.41) is 0.679. The lowest BCUT2D eigenvalue weighted by molar-refractivity contribution is -0.132. The number of anilines is 1. The number of hydrogen-bond donors (Lipinski definition) is 0. The number of halogens is 1. The summed E-state index contributed by atoms with van der Waals surface area (Å²) in [5.74, 6) is 1.22. The highest BCUT2D eigenvalue weighted by Crippen LogP contribution is 2.31. The Bertz CT molecular complexity index is 1230. The number of carbonyl (C=O) groups excluding carboxylic acids is 2. The van der Waals surface area contributed by atoms with Crippen molar-refractivity contribution in [2.75, 3.05) is 25.1 Å². The molecule has 0 N–H and O–H groups in total. The van der Waals surface area contributed by atoms with Crippen LogP contribution >= 0.6 is 11.6 Å². The van der Waals surface area contributed by atoms with E-state index in [0.29, 0.717) is 36.8 Å². The summed E-state index contributed by atoms with van der Waals surface area (Å²) >= 11 is 6.00. The standard InChI is InChI=1S/C26H24ClN3O3/c1-33-23-8-4-18-10-11-29(15-21(18)13-23)25(32)16-30-24(31)9-5-19-12-20(14-28-26(19)30)17-2-6-22(27)7-3-17/h2-4,6-8,12-14H,5,9-11,15-16H2,1H3. The van der Waals surface area contributed by atoms with E-state index in [4.69, 9.17) is 16.3 Å². The molecule has 2 aromatic carbocycles. The van der Waals surface area contributed by atoms with E-state index < -0.39 is 0 Å². The number of methoxy groups -OCH3 is 1. The van der Waals surface area contributed by atoms with Crippen molar-refractivity contribution in [1.82, 2.24) is 9.88 Å². The molecule has 3 aromatic rings. The van der Waals surface area contributed by atoms with Gasteiger partial charge in [-0.05, 0) is 65.4 Å². The van der Waals surface area contributed by atoms with Crippen LogP contribution in [0.4, 0.5) is 5.82 Å². The number of ether oxygens (including phenoxy) is 1. The first-order valence-electron chi connectivity index (χ1n) is 11.0. The first-order chi connectivity index (χ1) is 16.0. The molecule has 7 heteroatoms. The predicted octanol–water partition coefficient (Wildman–Crippen LogP) is 4.27. The molecule has 33 heavy (non-hydrogen) atoms. The van der Waals surface area contributed by atoms with Crippen LogP contribution in [0, 0.1) is 0 Å². The molecule has 0 saturated carbocycles. The molecule has 0 fully saturated rings. The highest BCUT2D eigenvalue weighted by atomic mass is 35.5. The second-order valence-electron chi connectivity index (χ2n) is 8.39. The van der Waals surface area contributed by atoms with Gasteiger partial charge in [-0.25, -0.2) is 4.98 Å². The van der Waals surface area contributed by atoms with E-state index in [1.54, 1.807) is 13.3 Å². The van der Waals surface area contributed by atoms with Crippen molar-refractivity contribution in [2.45, 2.75) is 25.8 Å².